The lowest BCUT2D eigenvalue weighted by Gasteiger charge is -2.26. The number of morpholine rings is 1. The van der Waals surface area contributed by atoms with Crippen molar-refractivity contribution in [1.82, 2.24) is 15.5 Å². The van der Waals surface area contributed by atoms with Crippen LogP contribution in [-0.4, -0.2) is 61.1 Å². The second kappa shape index (κ2) is 6.65. The van der Waals surface area contributed by atoms with Gasteiger partial charge in [0, 0.05) is 42.2 Å². The van der Waals surface area contributed by atoms with E-state index in [1.807, 2.05) is 0 Å². The molecule has 7 nitrogen and oxygen atoms in total. The number of hydrogen-bond donors (Lipinski definition) is 2. The van der Waals surface area contributed by atoms with E-state index in [4.69, 9.17) is 9.15 Å². The quantitative estimate of drug-likeness (QED) is 0.857. The minimum Gasteiger partial charge on any atom is -0.463 e. The Morgan fingerprint density at radius 3 is 2.78 bits per heavy atom. The summed E-state index contributed by atoms with van der Waals surface area (Å²) in [6.07, 6.45) is 4.80. The fourth-order valence-electron chi connectivity index (χ4n) is 4.51. The third-order valence-electron chi connectivity index (χ3n) is 5.98. The first-order valence-corrected chi connectivity index (χ1v) is 9.64. The van der Waals surface area contributed by atoms with Crippen molar-refractivity contribution >= 4 is 22.8 Å². The zero-order valence-corrected chi connectivity index (χ0v) is 15.1. The molecule has 3 saturated heterocycles. The molecule has 0 saturated carbocycles. The molecule has 0 spiro atoms. The summed E-state index contributed by atoms with van der Waals surface area (Å²) >= 11 is 0. The lowest BCUT2D eigenvalue weighted by atomic mass is 9.95. The number of ether oxygens (including phenoxy) is 1. The first-order valence-electron chi connectivity index (χ1n) is 9.64. The van der Waals surface area contributed by atoms with Crippen molar-refractivity contribution in [3.63, 3.8) is 0 Å². The molecule has 0 unspecified atom stereocenters. The largest absolute Gasteiger partial charge is 0.463 e. The molecule has 3 aliphatic heterocycles. The Morgan fingerprint density at radius 1 is 1.19 bits per heavy atom. The molecule has 3 aliphatic rings. The number of furan rings is 1. The molecule has 1 aromatic heterocycles. The molecule has 7 heteroatoms. The van der Waals surface area contributed by atoms with Crippen LogP contribution in [0.1, 0.15) is 40.0 Å². The number of nitrogens with one attached hydrogen (secondary N) is 2. The van der Waals surface area contributed by atoms with Crippen LogP contribution in [0.4, 0.5) is 0 Å². The van der Waals surface area contributed by atoms with Gasteiger partial charge in [-0.2, -0.15) is 0 Å². The molecular formula is C20H23N3O4. The number of carbonyl (C=O) groups is 2. The lowest BCUT2D eigenvalue weighted by molar-refractivity contribution is 0.0303. The Balaban J connectivity index is 1.37. The summed E-state index contributed by atoms with van der Waals surface area (Å²) in [5.41, 5.74) is 1.68. The highest BCUT2D eigenvalue weighted by molar-refractivity contribution is 6.08. The van der Waals surface area contributed by atoms with Gasteiger partial charge in [-0.25, -0.2) is 0 Å². The molecule has 142 valence electrons. The summed E-state index contributed by atoms with van der Waals surface area (Å²) < 4.78 is 10.9. The van der Waals surface area contributed by atoms with Crippen molar-refractivity contribution in [2.45, 2.75) is 37.4 Å². The van der Waals surface area contributed by atoms with E-state index in [1.54, 1.807) is 23.1 Å². The Labute approximate surface area is 157 Å². The van der Waals surface area contributed by atoms with Crippen LogP contribution in [0, 0.1) is 0 Å². The third kappa shape index (κ3) is 3.00. The Kier molecular flexibility index (Phi) is 4.13. The number of fused-ring (bicyclic) bond motifs is 3. The Bertz CT molecular complexity index is 886. The zero-order valence-electron chi connectivity index (χ0n) is 15.1. The van der Waals surface area contributed by atoms with Gasteiger partial charge in [-0.15, -0.1) is 0 Å². The molecule has 1 aromatic carbocycles. The van der Waals surface area contributed by atoms with Gasteiger partial charge in [0.2, 0.25) is 0 Å². The summed E-state index contributed by atoms with van der Waals surface area (Å²) in [7, 11) is 0. The van der Waals surface area contributed by atoms with Crippen molar-refractivity contribution < 1.29 is 18.7 Å². The maximum absolute atomic E-state index is 12.8. The number of benzene rings is 1. The maximum atomic E-state index is 12.8. The van der Waals surface area contributed by atoms with Crippen LogP contribution in [-0.2, 0) is 4.74 Å². The summed E-state index contributed by atoms with van der Waals surface area (Å²) in [4.78, 5) is 27.3. The van der Waals surface area contributed by atoms with E-state index in [9.17, 15) is 9.59 Å². The molecule has 4 heterocycles. The maximum Gasteiger partial charge on any atom is 0.257 e. The predicted molar refractivity (Wildman–Crippen MR) is 98.8 cm³/mol. The van der Waals surface area contributed by atoms with Gasteiger partial charge in [-0.1, -0.05) is 0 Å². The van der Waals surface area contributed by atoms with Crippen molar-refractivity contribution in [2.24, 2.45) is 0 Å². The van der Waals surface area contributed by atoms with Crippen LogP contribution in [0.3, 0.4) is 0 Å². The average Bonchev–Trinajstić information content (AvgIpc) is 3.43. The molecule has 0 radical (unpaired) electrons. The molecule has 3 atom stereocenters. The van der Waals surface area contributed by atoms with Crippen LogP contribution in [0.5, 0.6) is 0 Å². The number of amides is 2. The van der Waals surface area contributed by atoms with Crippen molar-refractivity contribution in [3.8, 4) is 0 Å². The number of carbonyl (C=O) groups excluding carboxylic acids is 2. The van der Waals surface area contributed by atoms with Crippen molar-refractivity contribution in [1.29, 1.82) is 0 Å². The molecule has 2 bridgehead atoms. The van der Waals surface area contributed by atoms with Gasteiger partial charge in [-0.05, 0) is 37.5 Å². The number of nitrogens with zero attached hydrogens (tertiary/aromatic N) is 1. The molecule has 2 amide bonds. The summed E-state index contributed by atoms with van der Waals surface area (Å²) in [5.74, 6) is -0.172. The Morgan fingerprint density at radius 2 is 2.04 bits per heavy atom. The minimum atomic E-state index is -0.0952. The van der Waals surface area contributed by atoms with Crippen LogP contribution in [0.2, 0.25) is 0 Å². The van der Waals surface area contributed by atoms with Gasteiger partial charge in [0.25, 0.3) is 11.8 Å². The fraction of sp³-hybridized carbons (Fsp3) is 0.500. The standard InChI is InChI=1S/C20H23N3O4/c24-19(22-17-10-13-2-3-16(17)21-13)12-1-4-18-14(9-12)15(11-27-18)20(25)23-5-7-26-8-6-23/h1,4,9,11,13,16-17,21H,2-3,5-8,10H2,(H,22,24)/t13-,16+,17-/m1/s1. The molecule has 2 N–H and O–H groups in total. The highest BCUT2D eigenvalue weighted by Crippen LogP contribution is 2.29. The van der Waals surface area contributed by atoms with E-state index < -0.39 is 0 Å². The molecule has 2 aromatic rings. The van der Waals surface area contributed by atoms with Gasteiger partial charge in [0.15, 0.2) is 0 Å². The molecule has 27 heavy (non-hydrogen) atoms. The average molecular weight is 369 g/mol. The first-order chi connectivity index (χ1) is 13.2. The van der Waals surface area contributed by atoms with Gasteiger partial charge in [-0.3, -0.25) is 9.59 Å². The SMILES string of the molecule is O=C(N[C@@H]1C[C@H]2CC[C@@H]1N2)c1ccc2occ(C(=O)N3CCOCC3)c2c1. The summed E-state index contributed by atoms with van der Waals surface area (Å²) in [6.45, 7) is 2.24. The Hall–Kier alpha value is -2.38. The minimum absolute atomic E-state index is 0.0769. The van der Waals surface area contributed by atoms with E-state index >= 15 is 0 Å². The second-order valence-electron chi connectivity index (χ2n) is 7.63. The topological polar surface area (TPSA) is 83.8 Å². The van der Waals surface area contributed by atoms with Gasteiger partial charge >= 0.3 is 0 Å². The highest BCUT2D eigenvalue weighted by Gasteiger charge is 2.39. The first kappa shape index (κ1) is 16.8. The zero-order chi connectivity index (χ0) is 18.4. The third-order valence-corrected chi connectivity index (χ3v) is 5.98. The van der Waals surface area contributed by atoms with Crippen LogP contribution in [0.15, 0.2) is 28.9 Å². The molecule has 0 aliphatic carbocycles. The van der Waals surface area contributed by atoms with Crippen LogP contribution >= 0.6 is 0 Å². The van der Waals surface area contributed by atoms with Crippen LogP contribution in [0.25, 0.3) is 11.0 Å². The van der Waals surface area contributed by atoms with E-state index in [0.717, 1.165) is 12.8 Å². The summed E-state index contributed by atoms with van der Waals surface area (Å²) in [5, 5.41) is 7.37. The van der Waals surface area contributed by atoms with Crippen molar-refractivity contribution in [3.05, 3.63) is 35.6 Å². The smallest absolute Gasteiger partial charge is 0.257 e. The molecule has 3 fully saturated rings. The monoisotopic (exact) mass is 369 g/mol. The predicted octanol–water partition coefficient (Wildman–Crippen LogP) is 1.53. The molecule has 5 rings (SSSR count). The van der Waals surface area contributed by atoms with E-state index in [1.165, 1.54) is 12.7 Å². The van der Waals surface area contributed by atoms with E-state index in [-0.39, 0.29) is 17.9 Å². The van der Waals surface area contributed by atoms with Gasteiger partial charge in [0.05, 0.1) is 18.8 Å². The highest BCUT2D eigenvalue weighted by atomic mass is 16.5. The van der Waals surface area contributed by atoms with Gasteiger partial charge in [0.1, 0.15) is 11.8 Å². The lowest BCUT2D eigenvalue weighted by Crippen LogP contribution is -2.42. The van der Waals surface area contributed by atoms with E-state index in [2.05, 4.69) is 10.6 Å². The van der Waals surface area contributed by atoms with Gasteiger partial charge < -0.3 is 24.7 Å². The van der Waals surface area contributed by atoms with E-state index in [0.29, 0.717) is 60.5 Å². The summed E-state index contributed by atoms with van der Waals surface area (Å²) in [6, 6.07) is 6.39. The van der Waals surface area contributed by atoms with Crippen molar-refractivity contribution in [2.75, 3.05) is 26.3 Å². The van der Waals surface area contributed by atoms with Crippen LogP contribution < -0.4 is 10.6 Å². The fourth-order valence-corrected chi connectivity index (χ4v) is 4.51. The normalized spacial score (nSPS) is 27.3. The molecular weight excluding hydrogens is 346 g/mol. The number of rotatable bonds is 3. The number of hydrogen-bond acceptors (Lipinski definition) is 5. The second-order valence-corrected chi connectivity index (χ2v) is 7.63.